The van der Waals surface area contributed by atoms with Gasteiger partial charge in [0.25, 0.3) is 5.91 Å². The molecule has 0 radical (unpaired) electrons. The summed E-state index contributed by atoms with van der Waals surface area (Å²) in [5.74, 6) is -0.109. The Morgan fingerprint density at radius 2 is 1.79 bits per heavy atom. The second-order valence-corrected chi connectivity index (χ2v) is 6.70. The van der Waals surface area contributed by atoms with Gasteiger partial charge < -0.3 is 4.90 Å². The molecule has 6 heteroatoms. The molecule has 0 N–H and O–H groups in total. The molecule has 2 aromatic rings. The Labute approximate surface area is 152 Å². The Morgan fingerprint density at radius 3 is 2.46 bits per heavy atom. The maximum atomic E-state index is 12.6. The van der Waals surface area contributed by atoms with Gasteiger partial charge in [-0.3, -0.25) is 9.69 Å². The van der Waals surface area contributed by atoms with E-state index in [4.69, 9.17) is 23.2 Å². The van der Waals surface area contributed by atoms with E-state index in [0.29, 0.717) is 29.7 Å². The second-order valence-electron chi connectivity index (χ2n) is 5.91. The van der Waals surface area contributed by atoms with Crippen LogP contribution >= 0.6 is 23.2 Å². The molecule has 1 atom stereocenters. The molecule has 0 aliphatic carbocycles. The highest BCUT2D eigenvalue weighted by atomic mass is 35.5. The van der Waals surface area contributed by atoms with Crippen molar-refractivity contribution in [2.24, 2.45) is 0 Å². The quantitative estimate of drug-likeness (QED) is 0.775. The fraction of sp³-hybridized carbons (Fsp3) is 0.333. The first-order chi connectivity index (χ1) is 11.6. The van der Waals surface area contributed by atoms with Gasteiger partial charge in [0.2, 0.25) is 0 Å². The van der Waals surface area contributed by atoms with Crippen LogP contribution in [0, 0.1) is 0 Å². The minimum absolute atomic E-state index is 0.109. The number of rotatable bonds is 3. The molecule has 126 valence electrons. The number of pyridine rings is 1. The van der Waals surface area contributed by atoms with E-state index >= 15 is 0 Å². The van der Waals surface area contributed by atoms with Crippen LogP contribution in [0.25, 0.3) is 0 Å². The van der Waals surface area contributed by atoms with E-state index in [1.807, 2.05) is 11.0 Å². The van der Waals surface area contributed by atoms with Crippen LogP contribution in [0.3, 0.4) is 0 Å². The highest BCUT2D eigenvalue weighted by Crippen LogP contribution is 2.23. The zero-order valence-corrected chi connectivity index (χ0v) is 15.0. The molecule has 1 aliphatic heterocycles. The van der Waals surface area contributed by atoms with Gasteiger partial charge in [-0.1, -0.05) is 53.5 Å². The molecule has 1 amide bonds. The van der Waals surface area contributed by atoms with Gasteiger partial charge in [-0.2, -0.15) is 0 Å². The van der Waals surface area contributed by atoms with E-state index < -0.39 is 0 Å². The number of aromatic nitrogens is 1. The third kappa shape index (κ3) is 3.72. The van der Waals surface area contributed by atoms with Crippen molar-refractivity contribution in [3.8, 4) is 0 Å². The summed E-state index contributed by atoms with van der Waals surface area (Å²) in [6.07, 6.45) is 1.44. The van der Waals surface area contributed by atoms with E-state index in [-0.39, 0.29) is 11.1 Å². The maximum Gasteiger partial charge on any atom is 0.257 e. The van der Waals surface area contributed by atoms with Gasteiger partial charge in [-0.15, -0.1) is 0 Å². The van der Waals surface area contributed by atoms with Crippen LogP contribution in [-0.4, -0.2) is 46.9 Å². The Hall–Kier alpha value is -1.62. The molecule has 1 aromatic carbocycles. The smallest absolute Gasteiger partial charge is 0.257 e. The first-order valence-electron chi connectivity index (χ1n) is 7.95. The fourth-order valence-electron chi connectivity index (χ4n) is 3.00. The number of benzene rings is 1. The lowest BCUT2D eigenvalue weighted by molar-refractivity contribution is 0.0582. The standard InChI is InChI=1S/C18H19Cl2N3O/c1-13(14-5-3-2-4-6-14)22-7-9-23(10-8-22)18(24)16-11-15(19)12-21-17(16)20/h2-6,11-13H,7-10H2,1H3/t13-/m0/s1. The molecule has 1 aromatic heterocycles. The van der Waals surface area contributed by atoms with Crippen LogP contribution in [0.15, 0.2) is 42.6 Å². The van der Waals surface area contributed by atoms with Crippen molar-refractivity contribution < 1.29 is 4.79 Å². The summed E-state index contributed by atoms with van der Waals surface area (Å²) in [5, 5.41) is 0.614. The van der Waals surface area contributed by atoms with Crippen molar-refractivity contribution in [3.63, 3.8) is 0 Å². The van der Waals surface area contributed by atoms with Crippen LogP contribution in [-0.2, 0) is 0 Å². The van der Waals surface area contributed by atoms with Gasteiger partial charge >= 0.3 is 0 Å². The summed E-state index contributed by atoms with van der Waals surface area (Å²) in [5.41, 5.74) is 1.66. The SMILES string of the molecule is C[C@@H](c1ccccc1)N1CCN(C(=O)c2cc(Cl)cnc2Cl)CC1. The fourth-order valence-corrected chi connectivity index (χ4v) is 3.34. The van der Waals surface area contributed by atoms with Gasteiger partial charge in [-0.05, 0) is 18.6 Å². The van der Waals surface area contributed by atoms with E-state index in [9.17, 15) is 4.79 Å². The maximum absolute atomic E-state index is 12.6. The molecular formula is C18H19Cl2N3O. The number of hydrogen-bond acceptors (Lipinski definition) is 3. The average molecular weight is 364 g/mol. The van der Waals surface area contributed by atoms with Crippen molar-refractivity contribution in [2.45, 2.75) is 13.0 Å². The number of amides is 1. The van der Waals surface area contributed by atoms with Gasteiger partial charge in [0, 0.05) is 38.4 Å². The highest BCUT2D eigenvalue weighted by Gasteiger charge is 2.26. The zero-order valence-electron chi connectivity index (χ0n) is 13.5. The molecule has 24 heavy (non-hydrogen) atoms. The topological polar surface area (TPSA) is 36.4 Å². The summed E-state index contributed by atoms with van der Waals surface area (Å²) in [6, 6.07) is 12.3. The largest absolute Gasteiger partial charge is 0.336 e. The van der Waals surface area contributed by atoms with E-state index in [0.717, 1.165) is 13.1 Å². The molecule has 1 saturated heterocycles. The molecule has 0 unspecified atom stereocenters. The molecule has 3 rings (SSSR count). The first kappa shape index (κ1) is 17.2. The van der Waals surface area contributed by atoms with Gasteiger partial charge in [0.05, 0.1) is 10.6 Å². The molecule has 4 nitrogen and oxygen atoms in total. The summed E-state index contributed by atoms with van der Waals surface area (Å²) < 4.78 is 0. The van der Waals surface area contributed by atoms with Crippen LogP contribution in [0.5, 0.6) is 0 Å². The monoisotopic (exact) mass is 363 g/mol. The molecular weight excluding hydrogens is 345 g/mol. The van der Waals surface area contributed by atoms with E-state index in [1.54, 1.807) is 6.07 Å². The highest BCUT2D eigenvalue weighted by molar-refractivity contribution is 6.34. The molecule has 1 fully saturated rings. The van der Waals surface area contributed by atoms with E-state index in [2.05, 4.69) is 41.1 Å². The summed E-state index contributed by atoms with van der Waals surface area (Å²) in [4.78, 5) is 20.8. The lowest BCUT2D eigenvalue weighted by Crippen LogP contribution is -2.49. The lowest BCUT2D eigenvalue weighted by atomic mass is 10.1. The zero-order chi connectivity index (χ0) is 17.1. The van der Waals surface area contributed by atoms with Crippen molar-refractivity contribution in [1.82, 2.24) is 14.8 Å². The minimum atomic E-state index is -0.109. The second kappa shape index (κ2) is 7.51. The van der Waals surface area contributed by atoms with Crippen LogP contribution in [0.1, 0.15) is 28.9 Å². The van der Waals surface area contributed by atoms with Crippen LogP contribution in [0.2, 0.25) is 10.2 Å². The third-order valence-electron chi connectivity index (χ3n) is 4.47. The molecule has 2 heterocycles. The van der Waals surface area contributed by atoms with Gasteiger partial charge in [0.15, 0.2) is 0 Å². The minimum Gasteiger partial charge on any atom is -0.336 e. The molecule has 0 bridgehead atoms. The Bertz CT molecular complexity index is 715. The summed E-state index contributed by atoms with van der Waals surface area (Å²) in [6.45, 7) is 5.18. The van der Waals surface area contributed by atoms with Crippen molar-refractivity contribution in [1.29, 1.82) is 0 Å². The predicted molar refractivity (Wildman–Crippen MR) is 96.6 cm³/mol. The van der Waals surface area contributed by atoms with Crippen molar-refractivity contribution in [3.05, 3.63) is 63.9 Å². The summed E-state index contributed by atoms with van der Waals surface area (Å²) >= 11 is 12.0. The number of piperazine rings is 1. The summed E-state index contributed by atoms with van der Waals surface area (Å²) in [7, 11) is 0. The Kier molecular flexibility index (Phi) is 5.39. The van der Waals surface area contributed by atoms with E-state index in [1.165, 1.54) is 11.8 Å². The number of carbonyl (C=O) groups is 1. The van der Waals surface area contributed by atoms with Gasteiger partial charge in [-0.25, -0.2) is 4.98 Å². The lowest BCUT2D eigenvalue weighted by Gasteiger charge is -2.38. The number of nitrogens with zero attached hydrogens (tertiary/aromatic N) is 3. The van der Waals surface area contributed by atoms with Crippen LogP contribution < -0.4 is 0 Å². The third-order valence-corrected chi connectivity index (χ3v) is 4.98. The number of carbonyl (C=O) groups excluding carboxylic acids is 1. The van der Waals surface area contributed by atoms with Crippen LogP contribution in [0.4, 0.5) is 0 Å². The van der Waals surface area contributed by atoms with Crippen molar-refractivity contribution >= 4 is 29.1 Å². The average Bonchev–Trinajstić information content (AvgIpc) is 2.63. The number of hydrogen-bond donors (Lipinski definition) is 0. The first-order valence-corrected chi connectivity index (χ1v) is 8.71. The van der Waals surface area contributed by atoms with Gasteiger partial charge in [0.1, 0.15) is 5.15 Å². The predicted octanol–water partition coefficient (Wildman–Crippen LogP) is 3.91. The Balaban J connectivity index is 1.64. The Morgan fingerprint density at radius 1 is 1.12 bits per heavy atom. The normalized spacial score (nSPS) is 16.9. The molecule has 1 aliphatic rings. The number of halogens is 2. The molecule has 0 saturated carbocycles. The molecule has 0 spiro atoms. The van der Waals surface area contributed by atoms with Crippen molar-refractivity contribution in [2.75, 3.05) is 26.2 Å².